The van der Waals surface area contributed by atoms with Gasteiger partial charge in [0.05, 0.1) is 0 Å². The van der Waals surface area contributed by atoms with Crippen LogP contribution in [0.15, 0.2) is 0 Å². The van der Waals surface area contributed by atoms with Crippen molar-refractivity contribution in [1.29, 1.82) is 0 Å². The van der Waals surface area contributed by atoms with Gasteiger partial charge in [-0.3, -0.25) is 4.79 Å². The molecule has 0 aromatic heterocycles. The van der Waals surface area contributed by atoms with E-state index in [4.69, 9.17) is 5.11 Å². The van der Waals surface area contributed by atoms with Crippen LogP contribution in [0.25, 0.3) is 0 Å². The molecule has 0 saturated heterocycles. The standard InChI is InChI=1S/C13H26O5S/c1-2-3-4-5-6-7-8-9-10-11-13(15)18-19(16,17)12-14/h14H,2-12H2,1H3. The fraction of sp³-hybridized carbons (Fsp3) is 0.923. The summed E-state index contributed by atoms with van der Waals surface area (Å²) >= 11 is 0. The van der Waals surface area contributed by atoms with E-state index >= 15 is 0 Å². The highest BCUT2D eigenvalue weighted by atomic mass is 32.2. The first-order valence-corrected chi connectivity index (χ1v) is 8.65. The van der Waals surface area contributed by atoms with Crippen molar-refractivity contribution in [2.45, 2.75) is 71.1 Å². The average Bonchev–Trinajstić information content (AvgIpc) is 2.36. The molecule has 114 valence electrons. The summed E-state index contributed by atoms with van der Waals surface area (Å²) in [6.07, 6.45) is 10.2. The summed E-state index contributed by atoms with van der Waals surface area (Å²) in [6, 6.07) is 0. The van der Waals surface area contributed by atoms with Gasteiger partial charge in [0.25, 0.3) is 0 Å². The number of hydrogen-bond donors (Lipinski definition) is 1. The van der Waals surface area contributed by atoms with Gasteiger partial charge in [-0.2, -0.15) is 8.42 Å². The molecule has 5 nitrogen and oxygen atoms in total. The van der Waals surface area contributed by atoms with E-state index in [1.165, 1.54) is 32.1 Å². The molecule has 0 aromatic rings. The summed E-state index contributed by atoms with van der Waals surface area (Å²) in [6.45, 7) is 2.19. The summed E-state index contributed by atoms with van der Waals surface area (Å²) in [5, 5.41) is 8.41. The third-order valence-corrected chi connectivity index (χ3v) is 3.62. The SMILES string of the molecule is CCCCCCCCCCCC(=O)OS(=O)(=O)CO. The summed E-state index contributed by atoms with van der Waals surface area (Å²) in [5.74, 6) is -1.94. The lowest BCUT2D eigenvalue weighted by molar-refractivity contribution is -0.134. The third-order valence-electron chi connectivity index (χ3n) is 2.86. The van der Waals surface area contributed by atoms with Crippen molar-refractivity contribution in [2.75, 3.05) is 5.94 Å². The van der Waals surface area contributed by atoms with Crippen LogP contribution in [0.2, 0.25) is 0 Å². The van der Waals surface area contributed by atoms with E-state index in [9.17, 15) is 13.2 Å². The van der Waals surface area contributed by atoms with Crippen LogP contribution in [0, 0.1) is 0 Å². The smallest absolute Gasteiger partial charge is 0.335 e. The second kappa shape index (κ2) is 11.2. The van der Waals surface area contributed by atoms with Crippen molar-refractivity contribution >= 4 is 16.1 Å². The predicted octanol–water partition coefficient (Wildman–Crippen LogP) is 2.73. The molecule has 0 saturated carbocycles. The molecule has 0 aliphatic rings. The molecule has 0 amide bonds. The Labute approximate surface area is 116 Å². The largest absolute Gasteiger partial charge is 0.377 e. The number of rotatable bonds is 12. The number of aliphatic hydroxyl groups is 1. The maximum Gasteiger partial charge on any atom is 0.335 e. The minimum absolute atomic E-state index is 0.0923. The highest BCUT2D eigenvalue weighted by Crippen LogP contribution is 2.11. The molecule has 0 atom stereocenters. The summed E-state index contributed by atoms with van der Waals surface area (Å²) in [7, 11) is -4.07. The summed E-state index contributed by atoms with van der Waals surface area (Å²) < 4.78 is 25.7. The van der Waals surface area contributed by atoms with Crippen LogP contribution in [0.3, 0.4) is 0 Å². The zero-order chi connectivity index (χ0) is 14.6. The van der Waals surface area contributed by atoms with Crippen molar-refractivity contribution in [3.63, 3.8) is 0 Å². The minimum atomic E-state index is -4.07. The van der Waals surface area contributed by atoms with Crippen LogP contribution in [-0.4, -0.2) is 25.4 Å². The fourth-order valence-corrected chi connectivity index (χ4v) is 2.21. The molecule has 0 bridgehead atoms. The van der Waals surface area contributed by atoms with Gasteiger partial charge >= 0.3 is 16.1 Å². The molecule has 0 aliphatic carbocycles. The molecule has 0 radical (unpaired) electrons. The zero-order valence-corrected chi connectivity index (χ0v) is 12.6. The molecule has 6 heteroatoms. The van der Waals surface area contributed by atoms with Crippen LogP contribution < -0.4 is 0 Å². The Kier molecular flexibility index (Phi) is 10.9. The Hall–Kier alpha value is -0.620. The van der Waals surface area contributed by atoms with E-state index in [1.807, 2.05) is 0 Å². The van der Waals surface area contributed by atoms with Crippen molar-refractivity contribution in [3.8, 4) is 0 Å². The Balaban J connectivity index is 3.37. The lowest BCUT2D eigenvalue weighted by atomic mass is 10.1. The fourth-order valence-electron chi connectivity index (χ4n) is 1.79. The maximum atomic E-state index is 11.1. The van der Waals surface area contributed by atoms with Gasteiger partial charge in [-0.05, 0) is 6.42 Å². The van der Waals surface area contributed by atoms with Crippen LogP contribution in [0.1, 0.15) is 71.1 Å². The first-order chi connectivity index (χ1) is 9.02. The molecule has 0 fully saturated rings. The lowest BCUT2D eigenvalue weighted by Gasteiger charge is -2.03. The van der Waals surface area contributed by atoms with Gasteiger partial charge in [-0.15, -0.1) is 0 Å². The molecule has 0 unspecified atom stereocenters. The summed E-state index contributed by atoms with van der Waals surface area (Å²) in [4.78, 5) is 11.1. The summed E-state index contributed by atoms with van der Waals surface area (Å²) in [5.41, 5.74) is 0. The van der Waals surface area contributed by atoms with Crippen LogP contribution in [0.4, 0.5) is 0 Å². The van der Waals surface area contributed by atoms with Gasteiger partial charge in [0, 0.05) is 6.42 Å². The third kappa shape index (κ3) is 12.2. The van der Waals surface area contributed by atoms with E-state index in [-0.39, 0.29) is 6.42 Å². The highest BCUT2D eigenvalue weighted by Gasteiger charge is 2.14. The average molecular weight is 294 g/mol. The highest BCUT2D eigenvalue weighted by molar-refractivity contribution is 7.86. The Bertz CT molecular complexity index is 324. The van der Waals surface area contributed by atoms with Crippen molar-refractivity contribution in [1.82, 2.24) is 0 Å². The lowest BCUT2D eigenvalue weighted by Crippen LogP contribution is -2.15. The van der Waals surface area contributed by atoms with E-state index in [1.54, 1.807) is 0 Å². The van der Waals surface area contributed by atoms with Gasteiger partial charge in [0.2, 0.25) is 0 Å². The van der Waals surface area contributed by atoms with Crippen LogP contribution in [-0.2, 0) is 19.1 Å². The van der Waals surface area contributed by atoms with Gasteiger partial charge in [0.1, 0.15) is 0 Å². The molecular formula is C13H26O5S. The molecule has 0 heterocycles. The first kappa shape index (κ1) is 18.4. The zero-order valence-electron chi connectivity index (χ0n) is 11.8. The maximum absolute atomic E-state index is 11.1. The Morgan fingerprint density at radius 1 is 0.947 bits per heavy atom. The molecule has 0 aromatic carbocycles. The van der Waals surface area contributed by atoms with Gasteiger partial charge in [0.15, 0.2) is 5.94 Å². The Morgan fingerprint density at radius 3 is 1.89 bits per heavy atom. The van der Waals surface area contributed by atoms with Crippen molar-refractivity contribution in [3.05, 3.63) is 0 Å². The van der Waals surface area contributed by atoms with E-state index in [2.05, 4.69) is 11.1 Å². The topological polar surface area (TPSA) is 80.7 Å². The van der Waals surface area contributed by atoms with E-state index in [0.717, 1.165) is 19.3 Å². The second-order valence-electron chi connectivity index (χ2n) is 4.72. The van der Waals surface area contributed by atoms with Crippen molar-refractivity contribution in [2.24, 2.45) is 0 Å². The number of hydrogen-bond acceptors (Lipinski definition) is 5. The van der Waals surface area contributed by atoms with Gasteiger partial charge in [-0.1, -0.05) is 58.3 Å². The number of aliphatic hydroxyl groups excluding tert-OH is 1. The predicted molar refractivity (Wildman–Crippen MR) is 73.9 cm³/mol. The minimum Gasteiger partial charge on any atom is -0.377 e. The monoisotopic (exact) mass is 294 g/mol. The van der Waals surface area contributed by atoms with Crippen LogP contribution >= 0.6 is 0 Å². The molecule has 19 heavy (non-hydrogen) atoms. The molecular weight excluding hydrogens is 268 g/mol. The quantitative estimate of drug-likeness (QED) is 0.442. The first-order valence-electron chi connectivity index (χ1n) is 7.07. The molecule has 0 spiro atoms. The van der Waals surface area contributed by atoms with Gasteiger partial charge < -0.3 is 9.29 Å². The second-order valence-corrected chi connectivity index (χ2v) is 6.26. The number of unbranched alkanes of at least 4 members (excludes halogenated alkanes) is 8. The molecule has 0 aliphatic heterocycles. The number of carbonyl (C=O) groups excluding carboxylic acids is 1. The normalized spacial score (nSPS) is 11.5. The van der Waals surface area contributed by atoms with E-state index in [0.29, 0.717) is 6.42 Å². The number of carbonyl (C=O) groups is 1. The molecule has 1 N–H and O–H groups in total. The van der Waals surface area contributed by atoms with Crippen LogP contribution in [0.5, 0.6) is 0 Å². The molecule has 0 rings (SSSR count). The van der Waals surface area contributed by atoms with E-state index < -0.39 is 22.0 Å². The van der Waals surface area contributed by atoms with Gasteiger partial charge in [-0.25, -0.2) is 0 Å². The Morgan fingerprint density at radius 2 is 1.42 bits per heavy atom. The van der Waals surface area contributed by atoms with Crippen molar-refractivity contribution < 1.29 is 22.5 Å².